The molecule has 8 heteroatoms. The molecular weight excluding hydrogens is 278 g/mol. The van der Waals surface area contributed by atoms with Gasteiger partial charge in [0.1, 0.15) is 5.82 Å². The molecule has 0 aliphatic heterocycles. The van der Waals surface area contributed by atoms with Gasteiger partial charge in [0.05, 0.1) is 18.4 Å². The van der Waals surface area contributed by atoms with E-state index in [1.165, 1.54) is 6.20 Å². The molecule has 2 N–H and O–H groups in total. The molecule has 0 aliphatic rings. The summed E-state index contributed by atoms with van der Waals surface area (Å²) in [6, 6.07) is -0.0629. The van der Waals surface area contributed by atoms with Crippen molar-refractivity contribution < 1.29 is 8.42 Å². The van der Waals surface area contributed by atoms with E-state index in [0.717, 1.165) is 5.56 Å². The minimum Gasteiger partial charge on any atom is -0.332 e. The molecule has 1 atom stereocenters. The van der Waals surface area contributed by atoms with E-state index >= 15 is 0 Å². The standard InChI is InChI=1S/C12H19N5O2S/c1-4-11-13-7-12(16-11)20(18,19)15-6-10(3)17-8-9(2)5-14-17/h5,7-8,10,15H,4,6H2,1-3H3,(H,13,16)/t10-/m0/s1. The first-order chi connectivity index (χ1) is 9.42. The van der Waals surface area contributed by atoms with Gasteiger partial charge in [-0.1, -0.05) is 6.92 Å². The van der Waals surface area contributed by atoms with Gasteiger partial charge < -0.3 is 4.98 Å². The van der Waals surface area contributed by atoms with Gasteiger partial charge in [0.25, 0.3) is 10.0 Å². The van der Waals surface area contributed by atoms with Gasteiger partial charge in [-0.2, -0.15) is 5.10 Å². The molecule has 0 aliphatic carbocycles. The van der Waals surface area contributed by atoms with Crippen LogP contribution in [0.5, 0.6) is 0 Å². The number of aromatic nitrogens is 4. The van der Waals surface area contributed by atoms with Crippen LogP contribution in [0, 0.1) is 6.92 Å². The molecule has 2 aromatic heterocycles. The Hall–Kier alpha value is -1.67. The summed E-state index contributed by atoms with van der Waals surface area (Å²) in [4.78, 5) is 6.78. The fourth-order valence-electron chi connectivity index (χ4n) is 1.74. The maximum atomic E-state index is 12.1. The first-order valence-corrected chi connectivity index (χ1v) is 7.95. The van der Waals surface area contributed by atoms with E-state index in [1.807, 2.05) is 27.0 Å². The third-order valence-corrected chi connectivity index (χ3v) is 4.31. The van der Waals surface area contributed by atoms with Crippen LogP contribution in [-0.4, -0.2) is 34.7 Å². The molecule has 2 rings (SSSR count). The van der Waals surface area contributed by atoms with Crippen LogP contribution in [0.3, 0.4) is 0 Å². The molecule has 0 amide bonds. The highest BCUT2D eigenvalue weighted by molar-refractivity contribution is 7.89. The summed E-state index contributed by atoms with van der Waals surface area (Å²) in [5.74, 6) is 0.654. The number of hydrogen-bond donors (Lipinski definition) is 2. The summed E-state index contributed by atoms with van der Waals surface area (Å²) < 4.78 is 28.5. The van der Waals surface area contributed by atoms with Gasteiger partial charge in [0, 0.05) is 19.2 Å². The maximum absolute atomic E-state index is 12.1. The first kappa shape index (κ1) is 14.7. The Kier molecular flexibility index (Phi) is 4.24. The highest BCUT2D eigenvalue weighted by Crippen LogP contribution is 2.09. The number of nitrogens with zero attached hydrogens (tertiary/aromatic N) is 3. The molecule has 0 bridgehead atoms. The van der Waals surface area contributed by atoms with Gasteiger partial charge in [0.2, 0.25) is 0 Å². The van der Waals surface area contributed by atoms with Crippen molar-refractivity contribution in [3.05, 3.63) is 30.0 Å². The van der Waals surface area contributed by atoms with Crippen LogP contribution >= 0.6 is 0 Å². The normalized spacial score (nSPS) is 13.6. The Morgan fingerprint density at radius 1 is 1.45 bits per heavy atom. The molecule has 0 spiro atoms. The molecule has 2 heterocycles. The number of aromatic amines is 1. The number of aryl methyl sites for hydroxylation is 2. The zero-order chi connectivity index (χ0) is 14.8. The van der Waals surface area contributed by atoms with Crippen LogP contribution in [0.4, 0.5) is 0 Å². The average Bonchev–Trinajstić information content (AvgIpc) is 3.04. The van der Waals surface area contributed by atoms with E-state index < -0.39 is 10.0 Å². The minimum atomic E-state index is -3.55. The SMILES string of the molecule is CCc1ncc(S(=O)(=O)NC[C@H](C)n2cc(C)cn2)[nH]1. The molecule has 7 nitrogen and oxygen atoms in total. The van der Waals surface area contributed by atoms with Crippen LogP contribution < -0.4 is 4.72 Å². The lowest BCUT2D eigenvalue weighted by Crippen LogP contribution is -2.30. The predicted molar refractivity (Wildman–Crippen MR) is 74.8 cm³/mol. The van der Waals surface area contributed by atoms with Gasteiger partial charge in [-0.15, -0.1) is 0 Å². The number of sulfonamides is 1. The molecule has 0 saturated heterocycles. The quantitative estimate of drug-likeness (QED) is 0.832. The minimum absolute atomic E-state index is 0.0629. The van der Waals surface area contributed by atoms with Crippen molar-refractivity contribution >= 4 is 10.0 Å². The van der Waals surface area contributed by atoms with Crippen molar-refractivity contribution in [2.45, 2.75) is 38.3 Å². The first-order valence-electron chi connectivity index (χ1n) is 6.46. The van der Waals surface area contributed by atoms with Crippen LogP contribution in [0.1, 0.15) is 31.3 Å². The van der Waals surface area contributed by atoms with Gasteiger partial charge in [-0.25, -0.2) is 18.1 Å². The summed E-state index contributed by atoms with van der Waals surface area (Å²) >= 11 is 0. The Morgan fingerprint density at radius 3 is 2.75 bits per heavy atom. The molecule has 0 unspecified atom stereocenters. The third-order valence-electron chi connectivity index (χ3n) is 2.98. The van der Waals surface area contributed by atoms with Crippen molar-refractivity contribution in [3.63, 3.8) is 0 Å². The smallest absolute Gasteiger partial charge is 0.257 e. The number of hydrogen-bond acceptors (Lipinski definition) is 4. The fraction of sp³-hybridized carbons (Fsp3) is 0.500. The molecule has 0 saturated carbocycles. The van der Waals surface area contributed by atoms with E-state index in [0.29, 0.717) is 12.2 Å². The molecular formula is C12H19N5O2S. The predicted octanol–water partition coefficient (Wildman–Crippen LogP) is 1.02. The molecule has 110 valence electrons. The van der Waals surface area contributed by atoms with Crippen molar-refractivity contribution in [2.75, 3.05) is 6.54 Å². The second-order valence-corrected chi connectivity index (χ2v) is 6.48. The Bertz CT molecular complexity index is 674. The lowest BCUT2D eigenvalue weighted by Gasteiger charge is -2.12. The monoisotopic (exact) mass is 297 g/mol. The van der Waals surface area contributed by atoms with Gasteiger partial charge >= 0.3 is 0 Å². The second kappa shape index (κ2) is 5.76. The number of imidazole rings is 1. The van der Waals surface area contributed by atoms with E-state index in [9.17, 15) is 8.42 Å². The lowest BCUT2D eigenvalue weighted by molar-refractivity contribution is 0.478. The van der Waals surface area contributed by atoms with Crippen molar-refractivity contribution in [1.82, 2.24) is 24.5 Å². The van der Waals surface area contributed by atoms with Gasteiger partial charge in [-0.05, 0) is 19.4 Å². The van der Waals surface area contributed by atoms with Gasteiger partial charge in [0.15, 0.2) is 5.03 Å². The van der Waals surface area contributed by atoms with Crippen molar-refractivity contribution in [1.29, 1.82) is 0 Å². The Balaban J connectivity index is 2.02. The van der Waals surface area contributed by atoms with Crippen LogP contribution in [0.25, 0.3) is 0 Å². The summed E-state index contributed by atoms with van der Waals surface area (Å²) in [5.41, 5.74) is 1.04. The molecule has 0 fully saturated rings. The van der Waals surface area contributed by atoms with E-state index in [4.69, 9.17) is 0 Å². The number of H-pyrrole nitrogens is 1. The number of nitrogens with one attached hydrogen (secondary N) is 2. The average molecular weight is 297 g/mol. The zero-order valence-electron chi connectivity index (χ0n) is 11.8. The second-order valence-electron chi connectivity index (χ2n) is 4.75. The van der Waals surface area contributed by atoms with E-state index in [2.05, 4.69) is 19.8 Å². The van der Waals surface area contributed by atoms with Crippen LogP contribution in [0.2, 0.25) is 0 Å². The van der Waals surface area contributed by atoms with Crippen molar-refractivity contribution in [2.24, 2.45) is 0 Å². The maximum Gasteiger partial charge on any atom is 0.257 e. The van der Waals surface area contributed by atoms with Crippen LogP contribution in [-0.2, 0) is 16.4 Å². The summed E-state index contributed by atoms with van der Waals surface area (Å²) in [7, 11) is -3.55. The van der Waals surface area contributed by atoms with Crippen LogP contribution in [0.15, 0.2) is 23.6 Å². The highest BCUT2D eigenvalue weighted by Gasteiger charge is 2.18. The molecule has 0 radical (unpaired) electrons. The summed E-state index contributed by atoms with van der Waals surface area (Å²) in [6.07, 6.45) is 5.63. The summed E-state index contributed by atoms with van der Waals surface area (Å²) in [6.45, 7) is 6.02. The topological polar surface area (TPSA) is 92.7 Å². The Labute approximate surface area is 118 Å². The largest absolute Gasteiger partial charge is 0.332 e. The third kappa shape index (κ3) is 3.26. The van der Waals surface area contributed by atoms with Gasteiger partial charge in [-0.3, -0.25) is 4.68 Å². The fourth-order valence-corrected chi connectivity index (χ4v) is 2.79. The van der Waals surface area contributed by atoms with Crippen molar-refractivity contribution in [3.8, 4) is 0 Å². The van der Waals surface area contributed by atoms with E-state index in [1.54, 1.807) is 10.9 Å². The zero-order valence-corrected chi connectivity index (χ0v) is 12.6. The molecule has 0 aromatic carbocycles. The summed E-state index contributed by atoms with van der Waals surface area (Å²) in [5, 5.41) is 4.26. The lowest BCUT2D eigenvalue weighted by atomic mass is 10.3. The number of rotatable bonds is 6. The molecule has 2 aromatic rings. The highest BCUT2D eigenvalue weighted by atomic mass is 32.2. The molecule has 20 heavy (non-hydrogen) atoms. The van der Waals surface area contributed by atoms with E-state index in [-0.39, 0.29) is 17.6 Å². The Morgan fingerprint density at radius 2 is 2.20 bits per heavy atom.